The molecule has 3 aromatic rings. The lowest BCUT2D eigenvalue weighted by molar-refractivity contribution is 0.0596. The number of esters is 1. The van der Waals surface area contributed by atoms with E-state index in [9.17, 15) is 18.0 Å². The first-order valence-corrected chi connectivity index (χ1v) is 9.29. The molecule has 0 spiro atoms. The molecule has 1 amide bonds. The Morgan fingerprint density at radius 3 is 2.56 bits per heavy atom. The average molecular weight is 388 g/mol. The summed E-state index contributed by atoms with van der Waals surface area (Å²) in [4.78, 5) is 28.3. The van der Waals surface area contributed by atoms with Gasteiger partial charge in [0.2, 0.25) is 0 Å². The number of aryl methyl sites for hydroxylation is 2. The van der Waals surface area contributed by atoms with E-state index >= 15 is 0 Å². The largest absolute Gasteiger partial charge is 0.465 e. The maximum Gasteiger partial charge on any atom is 0.339 e. The maximum atomic E-state index is 12.7. The van der Waals surface area contributed by atoms with Gasteiger partial charge in [0.05, 0.1) is 18.9 Å². The summed E-state index contributed by atoms with van der Waals surface area (Å²) in [6.07, 6.45) is 1.24. The Balaban J connectivity index is 2.01. The van der Waals surface area contributed by atoms with Crippen LogP contribution in [0.1, 0.15) is 32.1 Å². The summed E-state index contributed by atoms with van der Waals surface area (Å²) >= 11 is 0. The number of carbonyl (C=O) groups excluding carboxylic acids is 2. The van der Waals surface area contributed by atoms with Crippen LogP contribution in [0.25, 0.3) is 5.65 Å². The second-order valence-electron chi connectivity index (χ2n) is 5.75. The number of aromatic nitrogens is 3. The predicted molar refractivity (Wildman–Crippen MR) is 94.9 cm³/mol. The van der Waals surface area contributed by atoms with Crippen molar-refractivity contribution in [2.45, 2.75) is 18.7 Å². The molecule has 0 saturated heterocycles. The van der Waals surface area contributed by atoms with Crippen molar-refractivity contribution in [1.82, 2.24) is 19.3 Å². The zero-order valence-electron chi connectivity index (χ0n) is 14.8. The van der Waals surface area contributed by atoms with Crippen molar-refractivity contribution in [3.05, 3.63) is 59.0 Å². The fourth-order valence-corrected chi connectivity index (χ4v) is 3.80. The third kappa shape index (κ3) is 3.38. The zero-order chi connectivity index (χ0) is 19.8. The van der Waals surface area contributed by atoms with E-state index in [-0.39, 0.29) is 21.7 Å². The first-order chi connectivity index (χ1) is 12.7. The number of carbonyl (C=O) groups is 2. The number of nitrogens with zero attached hydrogens (tertiary/aromatic N) is 3. The number of methoxy groups -OCH3 is 1. The lowest BCUT2D eigenvalue weighted by Crippen LogP contribution is -2.31. The van der Waals surface area contributed by atoms with Crippen LogP contribution in [0.5, 0.6) is 0 Å². The summed E-state index contributed by atoms with van der Waals surface area (Å²) in [6, 6.07) is 7.23. The van der Waals surface area contributed by atoms with Crippen LogP contribution in [0.15, 0.2) is 41.4 Å². The van der Waals surface area contributed by atoms with Gasteiger partial charge in [-0.2, -0.15) is 5.10 Å². The van der Waals surface area contributed by atoms with Gasteiger partial charge in [-0.15, -0.1) is 0 Å². The fourth-order valence-electron chi connectivity index (χ4n) is 2.64. The lowest BCUT2D eigenvalue weighted by Gasteiger charge is -2.10. The molecular formula is C17H16N4O5S. The highest BCUT2D eigenvalue weighted by Gasteiger charge is 2.26. The van der Waals surface area contributed by atoms with Crippen molar-refractivity contribution in [2.75, 3.05) is 7.11 Å². The molecule has 9 nitrogen and oxygen atoms in total. The van der Waals surface area contributed by atoms with Gasteiger partial charge in [0.15, 0.2) is 5.65 Å². The van der Waals surface area contributed by atoms with Gasteiger partial charge in [0.25, 0.3) is 15.9 Å². The molecule has 1 N–H and O–H groups in total. The van der Waals surface area contributed by atoms with E-state index in [0.717, 1.165) is 12.8 Å². The van der Waals surface area contributed by atoms with Gasteiger partial charge >= 0.3 is 5.97 Å². The van der Waals surface area contributed by atoms with Crippen LogP contribution in [-0.4, -0.2) is 42.0 Å². The van der Waals surface area contributed by atoms with Gasteiger partial charge in [-0.05, 0) is 32.0 Å². The van der Waals surface area contributed by atoms with Crippen molar-refractivity contribution in [3.63, 3.8) is 0 Å². The molecule has 2 aromatic heterocycles. The average Bonchev–Trinajstić information content (AvgIpc) is 3.05. The first-order valence-electron chi connectivity index (χ1n) is 7.81. The molecule has 27 heavy (non-hydrogen) atoms. The minimum Gasteiger partial charge on any atom is -0.465 e. The van der Waals surface area contributed by atoms with E-state index in [2.05, 4.69) is 14.8 Å². The molecule has 0 aliphatic heterocycles. The van der Waals surface area contributed by atoms with E-state index in [4.69, 9.17) is 0 Å². The van der Waals surface area contributed by atoms with E-state index in [1.165, 1.54) is 35.0 Å². The molecule has 0 aliphatic rings. The van der Waals surface area contributed by atoms with Gasteiger partial charge in [-0.25, -0.2) is 27.4 Å². The number of benzene rings is 1. The van der Waals surface area contributed by atoms with Crippen LogP contribution in [0, 0.1) is 13.8 Å². The number of nitrogens with one attached hydrogen (secondary N) is 1. The maximum absolute atomic E-state index is 12.7. The Bertz CT molecular complexity index is 1170. The van der Waals surface area contributed by atoms with Gasteiger partial charge in [0.1, 0.15) is 10.5 Å². The quantitative estimate of drug-likeness (QED) is 0.668. The van der Waals surface area contributed by atoms with Gasteiger partial charge < -0.3 is 4.74 Å². The van der Waals surface area contributed by atoms with Gasteiger partial charge in [0, 0.05) is 11.4 Å². The lowest BCUT2D eigenvalue weighted by atomic mass is 10.2. The molecule has 0 bridgehead atoms. The molecule has 0 radical (unpaired) electrons. The second kappa shape index (κ2) is 6.80. The van der Waals surface area contributed by atoms with Crippen molar-refractivity contribution >= 4 is 27.5 Å². The molecule has 3 rings (SSSR count). The topological polar surface area (TPSA) is 120 Å². The summed E-state index contributed by atoms with van der Waals surface area (Å²) in [6.45, 7) is 3.55. The number of hydrogen-bond donors (Lipinski definition) is 1. The number of amides is 1. The minimum absolute atomic E-state index is 0.000856. The molecule has 2 heterocycles. The van der Waals surface area contributed by atoms with E-state index in [0.29, 0.717) is 5.69 Å². The number of fused-ring (bicyclic) bond motifs is 1. The number of ether oxygens (including phenoxy) is 1. The summed E-state index contributed by atoms with van der Waals surface area (Å²) in [5.74, 6) is -1.73. The molecule has 0 atom stereocenters. The Hall–Kier alpha value is -3.27. The Morgan fingerprint density at radius 2 is 1.85 bits per heavy atom. The third-order valence-electron chi connectivity index (χ3n) is 3.83. The van der Waals surface area contributed by atoms with Gasteiger partial charge in [-0.3, -0.25) is 4.79 Å². The molecule has 0 unspecified atom stereocenters. The van der Waals surface area contributed by atoms with Crippen LogP contribution in [0.3, 0.4) is 0 Å². The van der Waals surface area contributed by atoms with Crippen LogP contribution in [0.4, 0.5) is 0 Å². The first kappa shape index (κ1) is 18.5. The Morgan fingerprint density at radius 1 is 1.15 bits per heavy atom. The Labute approximate surface area is 155 Å². The summed E-state index contributed by atoms with van der Waals surface area (Å²) < 4.78 is 33.3. The SMILES string of the molecule is COC(=O)c1ccccc1S(=O)(=O)NC(=O)c1cnn2c(C)cc(C)nc12. The third-order valence-corrected chi connectivity index (χ3v) is 5.22. The highest BCUT2D eigenvalue weighted by Crippen LogP contribution is 2.18. The predicted octanol–water partition coefficient (Wildman–Crippen LogP) is 1.25. The van der Waals surface area contributed by atoms with Crippen molar-refractivity contribution < 1.29 is 22.7 Å². The summed E-state index contributed by atoms with van der Waals surface area (Å²) in [5.41, 5.74) is 1.47. The zero-order valence-corrected chi connectivity index (χ0v) is 15.6. The van der Waals surface area contributed by atoms with E-state index in [1.807, 2.05) is 4.72 Å². The van der Waals surface area contributed by atoms with Crippen LogP contribution >= 0.6 is 0 Å². The Kier molecular flexibility index (Phi) is 4.66. The number of hydrogen-bond acceptors (Lipinski definition) is 7. The minimum atomic E-state index is -4.33. The molecular weight excluding hydrogens is 372 g/mol. The summed E-state index contributed by atoms with van der Waals surface area (Å²) in [7, 11) is -3.19. The molecule has 1 aromatic carbocycles. The van der Waals surface area contributed by atoms with Crippen molar-refractivity contribution in [2.24, 2.45) is 0 Å². The van der Waals surface area contributed by atoms with Crippen molar-refractivity contribution in [3.8, 4) is 0 Å². The van der Waals surface area contributed by atoms with Crippen molar-refractivity contribution in [1.29, 1.82) is 0 Å². The molecule has 10 heteroatoms. The number of sulfonamides is 1. The molecule has 0 fully saturated rings. The molecule has 0 saturated carbocycles. The highest BCUT2D eigenvalue weighted by molar-refractivity contribution is 7.90. The molecule has 140 valence electrons. The van der Waals surface area contributed by atoms with Crippen LogP contribution in [0.2, 0.25) is 0 Å². The molecule has 0 aliphatic carbocycles. The number of rotatable bonds is 4. The monoisotopic (exact) mass is 388 g/mol. The standard InChI is InChI=1S/C17H16N4O5S/c1-10-8-11(2)21-15(19-10)13(9-18-21)16(22)20-27(24,25)14-7-5-4-6-12(14)17(23)26-3/h4-9H,1-3H3,(H,20,22). The van der Waals surface area contributed by atoms with Gasteiger partial charge in [-0.1, -0.05) is 12.1 Å². The van der Waals surface area contributed by atoms with E-state index in [1.54, 1.807) is 19.9 Å². The van der Waals surface area contributed by atoms with E-state index < -0.39 is 21.9 Å². The van der Waals surface area contributed by atoms with Crippen LogP contribution in [-0.2, 0) is 14.8 Å². The highest BCUT2D eigenvalue weighted by atomic mass is 32.2. The smallest absolute Gasteiger partial charge is 0.339 e. The summed E-state index contributed by atoms with van der Waals surface area (Å²) in [5, 5.41) is 4.07. The fraction of sp³-hybridized carbons (Fsp3) is 0.176. The second-order valence-corrected chi connectivity index (χ2v) is 7.41. The normalized spacial score (nSPS) is 11.4. The van der Waals surface area contributed by atoms with Crippen LogP contribution < -0.4 is 4.72 Å².